The summed E-state index contributed by atoms with van der Waals surface area (Å²) in [5, 5.41) is 11.4. The van der Waals surface area contributed by atoms with E-state index in [1.54, 1.807) is 0 Å². The minimum absolute atomic E-state index is 0.151. The molecule has 27 heavy (non-hydrogen) atoms. The zero-order chi connectivity index (χ0) is 20.2. The lowest BCUT2D eigenvalue weighted by atomic mass is 10.1. The molecule has 1 amide bonds. The van der Waals surface area contributed by atoms with E-state index < -0.39 is 12.0 Å². The second-order valence-corrected chi connectivity index (χ2v) is 7.44. The van der Waals surface area contributed by atoms with Crippen molar-refractivity contribution >= 4 is 11.9 Å². The molecule has 158 valence electrons. The average Bonchev–Trinajstić information content (AvgIpc) is 2.64. The molecule has 1 atom stereocenters. The SMILES string of the molecule is CCCCCCCC/C=C/CCCCCCCCNC(=O)CC(N)C(=O)O. The summed E-state index contributed by atoms with van der Waals surface area (Å²) in [6.45, 7) is 2.86. The van der Waals surface area contributed by atoms with Crippen LogP contribution in [0, 0.1) is 0 Å². The quantitative estimate of drug-likeness (QED) is 0.218. The van der Waals surface area contributed by atoms with E-state index in [2.05, 4.69) is 24.4 Å². The number of carbonyl (C=O) groups is 2. The van der Waals surface area contributed by atoms with Gasteiger partial charge in [0.25, 0.3) is 0 Å². The number of rotatable bonds is 19. The molecule has 0 heterocycles. The number of allylic oxidation sites excluding steroid dienone is 2. The summed E-state index contributed by atoms with van der Waals surface area (Å²) in [4.78, 5) is 22.0. The molecule has 5 nitrogen and oxygen atoms in total. The van der Waals surface area contributed by atoms with Crippen LogP contribution in [-0.4, -0.2) is 29.6 Å². The molecule has 0 rings (SSSR count). The first-order valence-corrected chi connectivity index (χ1v) is 11.0. The predicted octanol–water partition coefficient (Wildman–Crippen LogP) is 4.94. The van der Waals surface area contributed by atoms with Gasteiger partial charge in [0.2, 0.25) is 5.91 Å². The molecule has 0 aromatic rings. The van der Waals surface area contributed by atoms with Crippen molar-refractivity contribution in [3.63, 3.8) is 0 Å². The second kappa shape index (κ2) is 19.4. The first kappa shape index (κ1) is 25.6. The Kier molecular flexibility index (Phi) is 18.4. The van der Waals surface area contributed by atoms with E-state index in [1.807, 2.05) is 0 Å². The number of carboxylic acid groups (broad SMARTS) is 1. The van der Waals surface area contributed by atoms with Crippen LogP contribution in [0.15, 0.2) is 12.2 Å². The van der Waals surface area contributed by atoms with Crippen molar-refractivity contribution in [2.75, 3.05) is 6.54 Å². The topological polar surface area (TPSA) is 92.4 Å². The lowest BCUT2D eigenvalue weighted by Gasteiger charge is -2.07. The number of carboxylic acids is 1. The molecular weight excluding hydrogens is 340 g/mol. The molecule has 1 unspecified atom stereocenters. The minimum atomic E-state index is -1.14. The van der Waals surface area contributed by atoms with E-state index >= 15 is 0 Å². The Labute approximate surface area is 166 Å². The van der Waals surface area contributed by atoms with Gasteiger partial charge in [-0.05, 0) is 32.1 Å². The van der Waals surface area contributed by atoms with Gasteiger partial charge >= 0.3 is 5.97 Å². The summed E-state index contributed by atoms with van der Waals surface area (Å²) in [5.74, 6) is -1.42. The molecule has 4 N–H and O–H groups in total. The lowest BCUT2D eigenvalue weighted by Crippen LogP contribution is -2.37. The Morgan fingerprint density at radius 2 is 1.33 bits per heavy atom. The first-order valence-electron chi connectivity index (χ1n) is 11.0. The van der Waals surface area contributed by atoms with Gasteiger partial charge in [0.1, 0.15) is 6.04 Å². The van der Waals surface area contributed by atoms with E-state index in [0.29, 0.717) is 6.54 Å². The molecule has 0 aliphatic heterocycles. The van der Waals surface area contributed by atoms with E-state index in [4.69, 9.17) is 10.8 Å². The van der Waals surface area contributed by atoms with Crippen molar-refractivity contribution in [3.05, 3.63) is 12.2 Å². The molecule has 0 spiro atoms. The number of carbonyl (C=O) groups excluding carboxylic acids is 1. The van der Waals surface area contributed by atoms with Crippen molar-refractivity contribution in [2.24, 2.45) is 5.73 Å². The summed E-state index contributed by atoms with van der Waals surface area (Å²) in [6, 6.07) is -1.11. The molecular formula is C22H42N2O3. The highest BCUT2D eigenvalue weighted by Crippen LogP contribution is 2.09. The minimum Gasteiger partial charge on any atom is -0.480 e. The van der Waals surface area contributed by atoms with Crippen LogP contribution in [0.3, 0.4) is 0 Å². The molecule has 0 aromatic heterocycles. The molecule has 0 aliphatic carbocycles. The maximum absolute atomic E-state index is 11.5. The zero-order valence-electron chi connectivity index (χ0n) is 17.4. The van der Waals surface area contributed by atoms with Crippen molar-refractivity contribution in [1.29, 1.82) is 0 Å². The van der Waals surface area contributed by atoms with Gasteiger partial charge in [0.05, 0.1) is 6.42 Å². The van der Waals surface area contributed by atoms with Crippen molar-refractivity contribution < 1.29 is 14.7 Å². The van der Waals surface area contributed by atoms with Gasteiger partial charge < -0.3 is 16.2 Å². The highest BCUT2D eigenvalue weighted by atomic mass is 16.4. The van der Waals surface area contributed by atoms with Crippen LogP contribution >= 0.6 is 0 Å². The molecule has 0 bridgehead atoms. The predicted molar refractivity (Wildman–Crippen MR) is 113 cm³/mol. The Bertz CT molecular complexity index is 397. The fourth-order valence-electron chi connectivity index (χ4n) is 2.96. The third-order valence-electron chi connectivity index (χ3n) is 4.73. The van der Waals surface area contributed by atoms with Gasteiger partial charge in [0.15, 0.2) is 0 Å². The van der Waals surface area contributed by atoms with E-state index in [-0.39, 0.29) is 12.3 Å². The zero-order valence-corrected chi connectivity index (χ0v) is 17.4. The lowest BCUT2D eigenvalue weighted by molar-refractivity contribution is -0.140. The Balaban J connectivity index is 3.25. The normalized spacial score (nSPS) is 12.4. The molecule has 0 fully saturated rings. The highest BCUT2D eigenvalue weighted by Gasteiger charge is 2.15. The van der Waals surface area contributed by atoms with Gasteiger partial charge in [-0.15, -0.1) is 0 Å². The smallest absolute Gasteiger partial charge is 0.321 e. The summed E-state index contributed by atoms with van der Waals surface area (Å²) in [6.07, 6.45) is 22.1. The second-order valence-electron chi connectivity index (χ2n) is 7.44. The maximum Gasteiger partial charge on any atom is 0.321 e. The standard InChI is InChI=1S/C22H42N2O3/c1-2-3-4-5-6-7-8-9-10-11-12-13-14-15-16-17-18-24-21(25)19-20(23)22(26)27/h9-10,20H,2-8,11-19,23H2,1H3,(H,24,25)(H,26,27)/b10-9+. The fourth-order valence-corrected chi connectivity index (χ4v) is 2.96. The first-order chi connectivity index (χ1) is 13.1. The van der Waals surface area contributed by atoms with Crippen LogP contribution in [0.5, 0.6) is 0 Å². The Hall–Kier alpha value is -1.36. The Morgan fingerprint density at radius 3 is 1.85 bits per heavy atom. The van der Waals surface area contributed by atoms with Crippen LogP contribution in [0.25, 0.3) is 0 Å². The van der Waals surface area contributed by atoms with E-state index in [0.717, 1.165) is 12.8 Å². The fraction of sp³-hybridized carbons (Fsp3) is 0.818. The van der Waals surface area contributed by atoms with Crippen LogP contribution in [-0.2, 0) is 9.59 Å². The number of aliphatic carboxylic acids is 1. The van der Waals surface area contributed by atoms with Crippen molar-refractivity contribution in [2.45, 2.75) is 109 Å². The summed E-state index contributed by atoms with van der Waals surface area (Å²) in [5.41, 5.74) is 5.32. The van der Waals surface area contributed by atoms with Crippen LogP contribution in [0.4, 0.5) is 0 Å². The van der Waals surface area contributed by atoms with Crippen molar-refractivity contribution in [3.8, 4) is 0 Å². The molecule has 0 aliphatic rings. The van der Waals surface area contributed by atoms with Gasteiger partial charge in [-0.2, -0.15) is 0 Å². The third-order valence-corrected chi connectivity index (χ3v) is 4.73. The molecule has 5 heteroatoms. The van der Waals surface area contributed by atoms with E-state index in [9.17, 15) is 9.59 Å². The maximum atomic E-state index is 11.5. The monoisotopic (exact) mass is 382 g/mol. The van der Waals surface area contributed by atoms with Gasteiger partial charge in [0, 0.05) is 6.54 Å². The van der Waals surface area contributed by atoms with Crippen LogP contribution in [0.1, 0.15) is 103 Å². The van der Waals surface area contributed by atoms with Crippen LogP contribution < -0.4 is 11.1 Å². The van der Waals surface area contributed by atoms with Gasteiger partial charge in [-0.1, -0.05) is 76.9 Å². The third kappa shape index (κ3) is 19.2. The van der Waals surface area contributed by atoms with Crippen LogP contribution in [0.2, 0.25) is 0 Å². The van der Waals surface area contributed by atoms with Gasteiger partial charge in [-0.3, -0.25) is 9.59 Å². The summed E-state index contributed by atoms with van der Waals surface area (Å²) < 4.78 is 0. The summed E-state index contributed by atoms with van der Waals surface area (Å²) in [7, 11) is 0. The number of nitrogens with two attached hydrogens (primary N) is 1. The largest absolute Gasteiger partial charge is 0.480 e. The van der Waals surface area contributed by atoms with Gasteiger partial charge in [-0.25, -0.2) is 0 Å². The Morgan fingerprint density at radius 1 is 0.852 bits per heavy atom. The summed E-state index contributed by atoms with van der Waals surface area (Å²) >= 11 is 0. The number of hydrogen-bond donors (Lipinski definition) is 3. The molecule has 0 saturated heterocycles. The van der Waals surface area contributed by atoms with Crippen molar-refractivity contribution in [1.82, 2.24) is 5.32 Å². The number of hydrogen-bond acceptors (Lipinski definition) is 3. The molecule has 0 radical (unpaired) electrons. The molecule has 0 aromatic carbocycles. The molecule has 0 saturated carbocycles. The highest BCUT2D eigenvalue weighted by molar-refractivity contribution is 5.84. The number of nitrogens with one attached hydrogen (secondary N) is 1. The number of unbranched alkanes of at least 4 members (excludes halogenated alkanes) is 12. The number of amides is 1. The van der Waals surface area contributed by atoms with E-state index in [1.165, 1.54) is 77.0 Å². The average molecular weight is 383 g/mol.